The smallest absolute Gasteiger partial charge is 0.203 e. The monoisotopic (exact) mass is 784 g/mol. The number of benzene rings is 1. The van der Waals surface area contributed by atoms with E-state index >= 15 is 0 Å². The van der Waals surface area contributed by atoms with E-state index in [-0.39, 0.29) is 0 Å². The first kappa shape index (κ1) is 52.6. The molecule has 1 radical (unpaired) electrons. The molecule has 0 unspecified atom stereocenters. The van der Waals surface area contributed by atoms with Crippen molar-refractivity contribution in [2.45, 2.75) is 278 Å². The first-order valence-electron chi connectivity index (χ1n) is 25.6. The van der Waals surface area contributed by atoms with E-state index in [4.69, 9.17) is 14.2 Å². The minimum Gasteiger partial charge on any atom is -0.490 e. The third-order valence-electron chi connectivity index (χ3n) is 11.9. The number of hydrogen-bond acceptors (Lipinski definition) is 3. The Morgan fingerprint density at radius 1 is 0.304 bits per heavy atom. The van der Waals surface area contributed by atoms with Gasteiger partial charge >= 0.3 is 0 Å². The van der Waals surface area contributed by atoms with E-state index in [1.807, 2.05) is 0 Å². The molecule has 0 saturated heterocycles. The molecule has 3 heteroatoms. The highest BCUT2D eigenvalue weighted by molar-refractivity contribution is 5.54. The van der Waals surface area contributed by atoms with Crippen LogP contribution < -0.4 is 14.2 Å². The van der Waals surface area contributed by atoms with E-state index < -0.39 is 0 Å². The summed E-state index contributed by atoms with van der Waals surface area (Å²) in [6.45, 7) is 13.3. The summed E-state index contributed by atoms with van der Waals surface area (Å²) in [5.41, 5.74) is 1.17. The lowest BCUT2D eigenvalue weighted by Crippen LogP contribution is -2.07. The molecule has 0 N–H and O–H groups in total. The lowest BCUT2D eigenvalue weighted by molar-refractivity contribution is 0.234. The molecule has 1 aromatic carbocycles. The normalized spacial score (nSPS) is 11.4. The fraction of sp³-hybridized carbons (Fsp3) is 0.868. The van der Waals surface area contributed by atoms with E-state index in [1.54, 1.807) is 0 Å². The molecule has 0 heterocycles. The van der Waals surface area contributed by atoms with Crippen molar-refractivity contribution >= 4 is 0 Å². The molecule has 329 valence electrons. The Morgan fingerprint density at radius 2 is 0.518 bits per heavy atom. The predicted octanol–water partition coefficient (Wildman–Crippen LogP) is 18.5. The second kappa shape index (κ2) is 43.2. The van der Waals surface area contributed by atoms with Crippen LogP contribution in [0.15, 0.2) is 12.1 Å². The second-order valence-corrected chi connectivity index (χ2v) is 17.4. The molecule has 0 spiro atoms. The zero-order valence-corrected chi connectivity index (χ0v) is 38.5. The average Bonchev–Trinajstić information content (AvgIpc) is 3.21. The minimum atomic E-state index is 0.726. The SMILES string of the molecule is [CH2]Cc1cc(OCCCCCCCCCCCCCCC)c(OCCCCCCCCCCCCCCC)c(OCCCCCCCCCCCCCCC)c1. The Hall–Kier alpha value is -1.38. The van der Waals surface area contributed by atoms with Crippen molar-refractivity contribution in [3.63, 3.8) is 0 Å². The summed E-state index contributed by atoms with van der Waals surface area (Å²) < 4.78 is 19.5. The molecule has 0 aliphatic carbocycles. The number of ether oxygens (including phenoxy) is 3. The third-order valence-corrected chi connectivity index (χ3v) is 11.9. The van der Waals surface area contributed by atoms with Gasteiger partial charge in [-0.05, 0) is 50.3 Å². The van der Waals surface area contributed by atoms with Crippen molar-refractivity contribution in [3.05, 3.63) is 24.6 Å². The fourth-order valence-electron chi connectivity index (χ4n) is 8.03. The molecule has 0 aromatic heterocycles. The standard InChI is InChI=1S/C53H99O3/c1-5-9-12-15-18-21-24-27-30-33-36-39-42-45-54-51-48-50(8-4)49-52(55-46-43-40-37-34-31-28-25-22-19-16-13-10-6-2)53(51)56-47-44-41-38-35-32-29-26-23-20-17-14-11-7-3/h48-49H,4-47H2,1-3H3. The summed E-state index contributed by atoms with van der Waals surface area (Å²) in [7, 11) is 0. The van der Waals surface area contributed by atoms with Crippen molar-refractivity contribution in [2.24, 2.45) is 0 Å². The zero-order chi connectivity index (χ0) is 40.3. The summed E-state index contributed by atoms with van der Waals surface area (Å²) in [6.07, 6.45) is 53.8. The lowest BCUT2D eigenvalue weighted by atomic mass is 10.0. The molecule has 0 aliphatic heterocycles. The van der Waals surface area contributed by atoms with Gasteiger partial charge in [0.05, 0.1) is 19.8 Å². The highest BCUT2D eigenvalue weighted by Gasteiger charge is 2.16. The van der Waals surface area contributed by atoms with E-state index in [0.717, 1.165) is 62.8 Å². The van der Waals surface area contributed by atoms with Crippen LogP contribution in [-0.2, 0) is 6.42 Å². The van der Waals surface area contributed by atoms with Gasteiger partial charge in [-0.3, -0.25) is 0 Å². The maximum Gasteiger partial charge on any atom is 0.203 e. The van der Waals surface area contributed by atoms with Crippen LogP contribution in [0, 0.1) is 6.92 Å². The zero-order valence-electron chi connectivity index (χ0n) is 38.5. The molecule has 0 amide bonds. The van der Waals surface area contributed by atoms with Crippen molar-refractivity contribution in [1.82, 2.24) is 0 Å². The van der Waals surface area contributed by atoms with Crippen LogP contribution in [0.5, 0.6) is 17.2 Å². The maximum absolute atomic E-state index is 6.54. The topological polar surface area (TPSA) is 27.7 Å². The molecule has 3 nitrogen and oxygen atoms in total. The van der Waals surface area contributed by atoms with Gasteiger partial charge in [-0.15, -0.1) is 0 Å². The van der Waals surface area contributed by atoms with Crippen LogP contribution in [0.4, 0.5) is 0 Å². The van der Waals surface area contributed by atoms with Crippen molar-refractivity contribution in [1.29, 1.82) is 0 Å². The lowest BCUT2D eigenvalue weighted by Gasteiger charge is -2.19. The molecular formula is C53H99O3. The number of rotatable bonds is 46. The molecule has 0 saturated carbocycles. The van der Waals surface area contributed by atoms with Gasteiger partial charge in [0.1, 0.15) is 0 Å². The maximum atomic E-state index is 6.54. The predicted molar refractivity (Wildman–Crippen MR) is 249 cm³/mol. The molecular weight excluding hydrogens is 685 g/mol. The third kappa shape index (κ3) is 33.6. The summed E-state index contributed by atoms with van der Waals surface area (Å²) >= 11 is 0. The number of unbranched alkanes of at least 4 members (excludes halogenated alkanes) is 36. The summed E-state index contributed by atoms with van der Waals surface area (Å²) in [6, 6.07) is 4.32. The van der Waals surface area contributed by atoms with Crippen LogP contribution in [0.3, 0.4) is 0 Å². The van der Waals surface area contributed by atoms with Crippen LogP contribution in [-0.4, -0.2) is 19.8 Å². The minimum absolute atomic E-state index is 0.726. The molecule has 0 aliphatic rings. The molecule has 0 bridgehead atoms. The van der Waals surface area contributed by atoms with Gasteiger partial charge in [-0.2, -0.15) is 0 Å². The molecule has 1 aromatic rings. The second-order valence-electron chi connectivity index (χ2n) is 17.4. The van der Waals surface area contributed by atoms with E-state index in [2.05, 4.69) is 39.8 Å². The summed E-state index contributed by atoms with van der Waals surface area (Å²) in [4.78, 5) is 0. The Labute approximate surface area is 352 Å². The molecule has 56 heavy (non-hydrogen) atoms. The Bertz CT molecular complexity index is 859. The van der Waals surface area contributed by atoms with Crippen molar-refractivity contribution in [2.75, 3.05) is 19.8 Å². The van der Waals surface area contributed by atoms with Gasteiger partial charge in [0.15, 0.2) is 11.5 Å². The van der Waals surface area contributed by atoms with Gasteiger partial charge in [0.2, 0.25) is 5.75 Å². The molecule has 1 rings (SSSR count). The quantitative estimate of drug-likeness (QED) is 0.0617. The van der Waals surface area contributed by atoms with Crippen LogP contribution in [0.1, 0.15) is 277 Å². The van der Waals surface area contributed by atoms with Crippen LogP contribution >= 0.6 is 0 Å². The highest BCUT2D eigenvalue weighted by atomic mass is 16.5. The van der Waals surface area contributed by atoms with E-state index in [9.17, 15) is 0 Å². The molecule has 0 atom stereocenters. The number of hydrogen-bond donors (Lipinski definition) is 0. The van der Waals surface area contributed by atoms with E-state index in [1.165, 1.54) is 237 Å². The first-order chi connectivity index (χ1) is 27.8. The van der Waals surface area contributed by atoms with Crippen LogP contribution in [0.25, 0.3) is 0 Å². The largest absolute Gasteiger partial charge is 0.490 e. The summed E-state index contributed by atoms with van der Waals surface area (Å²) in [5, 5.41) is 0. The first-order valence-corrected chi connectivity index (χ1v) is 25.6. The van der Waals surface area contributed by atoms with Gasteiger partial charge in [-0.25, -0.2) is 0 Å². The Balaban J connectivity index is 2.46. The highest BCUT2D eigenvalue weighted by Crippen LogP contribution is 2.40. The van der Waals surface area contributed by atoms with Crippen LogP contribution in [0.2, 0.25) is 0 Å². The van der Waals surface area contributed by atoms with Crippen molar-refractivity contribution in [3.8, 4) is 17.2 Å². The molecule has 0 fully saturated rings. The van der Waals surface area contributed by atoms with Crippen molar-refractivity contribution < 1.29 is 14.2 Å². The van der Waals surface area contributed by atoms with E-state index in [0.29, 0.717) is 0 Å². The van der Waals surface area contributed by atoms with Gasteiger partial charge < -0.3 is 14.2 Å². The van der Waals surface area contributed by atoms with Gasteiger partial charge in [0, 0.05) is 0 Å². The Kier molecular flexibility index (Phi) is 40.6. The summed E-state index contributed by atoms with van der Waals surface area (Å²) in [5.74, 6) is 2.55. The average molecular weight is 784 g/mol. The van der Waals surface area contributed by atoms with Gasteiger partial charge in [-0.1, -0.05) is 252 Å². The van der Waals surface area contributed by atoms with Gasteiger partial charge in [0.25, 0.3) is 0 Å². The Morgan fingerprint density at radius 3 is 0.750 bits per heavy atom. The fourth-order valence-corrected chi connectivity index (χ4v) is 8.03.